The first kappa shape index (κ1) is 10.9. The Balaban J connectivity index is 0.000000337. The van der Waals surface area contributed by atoms with Crippen LogP contribution in [-0.2, 0) is 0 Å². The van der Waals surface area contributed by atoms with Crippen LogP contribution < -0.4 is 0 Å². The van der Waals surface area contributed by atoms with Gasteiger partial charge in [-0.05, 0) is 11.1 Å². The SMILES string of the molecule is O=N[O-].c1ccc(-c2ccccc2)cc1. The number of hydrogen-bond acceptors (Lipinski definition) is 3. The van der Waals surface area contributed by atoms with Crippen LogP contribution in [-0.4, -0.2) is 0 Å². The molecule has 0 aliphatic heterocycles. The van der Waals surface area contributed by atoms with E-state index in [1.54, 1.807) is 0 Å². The van der Waals surface area contributed by atoms with Gasteiger partial charge in [0.25, 0.3) is 0 Å². The zero-order valence-corrected chi connectivity index (χ0v) is 8.04. The van der Waals surface area contributed by atoms with E-state index in [2.05, 4.69) is 48.5 Å². The highest BCUT2D eigenvalue weighted by atomic mass is 16.6. The molecule has 0 fully saturated rings. The van der Waals surface area contributed by atoms with E-state index in [-0.39, 0.29) is 0 Å². The number of rotatable bonds is 1. The Kier molecular flexibility index (Phi) is 4.60. The summed E-state index contributed by atoms with van der Waals surface area (Å²) in [5, 5.41) is 9.00. The van der Waals surface area contributed by atoms with Gasteiger partial charge in [0.2, 0.25) is 0 Å². The van der Waals surface area contributed by atoms with Crippen LogP contribution in [0.3, 0.4) is 0 Å². The van der Waals surface area contributed by atoms with E-state index in [1.807, 2.05) is 12.1 Å². The topological polar surface area (TPSA) is 52.5 Å². The summed E-state index contributed by atoms with van der Waals surface area (Å²) >= 11 is 0. The summed E-state index contributed by atoms with van der Waals surface area (Å²) in [5.74, 6) is 0. The predicted octanol–water partition coefficient (Wildman–Crippen LogP) is 3.60. The van der Waals surface area contributed by atoms with Gasteiger partial charge in [-0.2, -0.15) is 0 Å². The van der Waals surface area contributed by atoms with Gasteiger partial charge in [-0.3, -0.25) is 0 Å². The first-order valence-electron chi connectivity index (χ1n) is 4.44. The molecule has 3 heteroatoms. The standard InChI is InChI=1S/C12H10.HNO2/c1-3-7-11(8-4-1)12-9-5-2-6-10-12;2-1-3/h1-10H;(H,2,3)/p-1. The summed E-state index contributed by atoms with van der Waals surface area (Å²) in [6.45, 7) is 0. The third kappa shape index (κ3) is 3.60. The second-order valence-corrected chi connectivity index (χ2v) is 2.81. The van der Waals surface area contributed by atoms with Crippen molar-refractivity contribution in [2.45, 2.75) is 0 Å². The number of nitrogens with zero attached hydrogens (tertiary/aromatic N) is 1. The molecule has 0 spiro atoms. The van der Waals surface area contributed by atoms with Gasteiger partial charge in [0, 0.05) is 0 Å². The fourth-order valence-corrected chi connectivity index (χ4v) is 1.26. The third-order valence-electron chi connectivity index (χ3n) is 1.88. The first-order valence-corrected chi connectivity index (χ1v) is 4.44. The van der Waals surface area contributed by atoms with Gasteiger partial charge in [0.05, 0.1) is 0 Å². The fourth-order valence-electron chi connectivity index (χ4n) is 1.26. The molecule has 2 aromatic rings. The van der Waals surface area contributed by atoms with Crippen molar-refractivity contribution in [3.8, 4) is 11.1 Å². The Bertz CT molecular complexity index is 349. The number of hydrogen-bond donors (Lipinski definition) is 0. The molecule has 0 atom stereocenters. The Morgan fingerprint density at radius 2 is 1.00 bits per heavy atom. The molecule has 0 amide bonds. The summed E-state index contributed by atoms with van der Waals surface area (Å²) in [4.78, 5) is 8.00. The molecule has 3 nitrogen and oxygen atoms in total. The molecular weight excluding hydrogens is 190 g/mol. The molecule has 0 heterocycles. The predicted molar refractivity (Wildman–Crippen MR) is 61.0 cm³/mol. The van der Waals surface area contributed by atoms with Gasteiger partial charge in [0.1, 0.15) is 0 Å². The van der Waals surface area contributed by atoms with Crippen molar-refractivity contribution in [3.05, 3.63) is 70.8 Å². The molecule has 0 saturated carbocycles. The van der Waals surface area contributed by atoms with Gasteiger partial charge < -0.3 is 10.1 Å². The molecule has 0 aromatic heterocycles. The van der Waals surface area contributed by atoms with E-state index in [9.17, 15) is 0 Å². The average molecular weight is 200 g/mol. The van der Waals surface area contributed by atoms with Crippen LogP contribution in [0, 0.1) is 10.1 Å². The lowest BCUT2D eigenvalue weighted by atomic mass is 10.1. The van der Waals surface area contributed by atoms with Crippen LogP contribution in [0.5, 0.6) is 0 Å². The lowest BCUT2D eigenvalue weighted by molar-refractivity contribution is 1.59. The maximum atomic E-state index is 8.00. The van der Waals surface area contributed by atoms with Gasteiger partial charge in [-0.15, -0.1) is 5.34 Å². The monoisotopic (exact) mass is 200 g/mol. The Labute approximate surface area is 87.9 Å². The molecule has 0 radical (unpaired) electrons. The van der Waals surface area contributed by atoms with E-state index in [0.717, 1.165) is 5.34 Å². The highest BCUT2D eigenvalue weighted by molar-refractivity contribution is 5.62. The second kappa shape index (κ2) is 6.32. The lowest BCUT2D eigenvalue weighted by Crippen LogP contribution is -1.73. The van der Waals surface area contributed by atoms with Crippen molar-refractivity contribution in [2.75, 3.05) is 0 Å². The molecule has 15 heavy (non-hydrogen) atoms. The van der Waals surface area contributed by atoms with Crippen LogP contribution in [0.25, 0.3) is 11.1 Å². The van der Waals surface area contributed by atoms with E-state index >= 15 is 0 Å². The molecule has 0 aliphatic carbocycles. The minimum absolute atomic E-state index is 1.00. The normalized spacial score (nSPS) is 8.53. The molecule has 0 N–H and O–H groups in total. The van der Waals surface area contributed by atoms with Gasteiger partial charge in [-0.1, -0.05) is 60.7 Å². The highest BCUT2D eigenvalue weighted by Crippen LogP contribution is 2.17. The summed E-state index contributed by atoms with van der Waals surface area (Å²) in [6.07, 6.45) is 0. The molecule has 76 valence electrons. The fraction of sp³-hybridized carbons (Fsp3) is 0. The number of benzene rings is 2. The summed E-state index contributed by atoms with van der Waals surface area (Å²) in [7, 11) is 0. The third-order valence-corrected chi connectivity index (χ3v) is 1.88. The molecule has 0 aliphatic rings. The van der Waals surface area contributed by atoms with Crippen LogP contribution in [0.4, 0.5) is 0 Å². The van der Waals surface area contributed by atoms with Crippen LogP contribution >= 0.6 is 0 Å². The average Bonchev–Trinajstić information content (AvgIpc) is 2.32. The Morgan fingerprint density at radius 3 is 1.27 bits per heavy atom. The quantitative estimate of drug-likeness (QED) is 0.521. The molecular formula is C12H10NO2-. The van der Waals surface area contributed by atoms with Crippen molar-refractivity contribution in [3.63, 3.8) is 0 Å². The molecule has 2 rings (SSSR count). The zero-order chi connectivity index (χ0) is 10.9. The zero-order valence-electron chi connectivity index (χ0n) is 8.04. The Hall–Kier alpha value is -2.16. The highest BCUT2D eigenvalue weighted by Gasteiger charge is 1.91. The van der Waals surface area contributed by atoms with E-state index in [1.165, 1.54) is 11.1 Å². The van der Waals surface area contributed by atoms with Crippen LogP contribution in [0.15, 0.2) is 66.0 Å². The largest absolute Gasteiger partial charge is 0.444 e. The van der Waals surface area contributed by atoms with Crippen molar-refractivity contribution >= 4 is 0 Å². The molecule has 2 aromatic carbocycles. The first-order chi connectivity index (χ1) is 7.38. The van der Waals surface area contributed by atoms with Gasteiger partial charge in [-0.25, -0.2) is 0 Å². The summed E-state index contributed by atoms with van der Waals surface area (Å²) in [5.41, 5.74) is 2.55. The van der Waals surface area contributed by atoms with Gasteiger partial charge >= 0.3 is 0 Å². The van der Waals surface area contributed by atoms with Gasteiger partial charge in [0.15, 0.2) is 0 Å². The van der Waals surface area contributed by atoms with Crippen LogP contribution in [0.1, 0.15) is 0 Å². The Morgan fingerprint density at radius 1 is 0.733 bits per heavy atom. The van der Waals surface area contributed by atoms with Crippen LogP contribution in [0.2, 0.25) is 0 Å². The minimum atomic E-state index is 1.00. The molecule has 0 saturated heterocycles. The molecule has 0 bridgehead atoms. The molecule has 0 unspecified atom stereocenters. The lowest BCUT2D eigenvalue weighted by Gasteiger charge is -1.98. The van der Waals surface area contributed by atoms with Crippen molar-refractivity contribution < 1.29 is 0 Å². The smallest absolute Gasteiger partial charge is 0.0184 e. The summed E-state index contributed by atoms with van der Waals surface area (Å²) < 4.78 is 0. The van der Waals surface area contributed by atoms with E-state index in [0.29, 0.717) is 0 Å². The van der Waals surface area contributed by atoms with Crippen molar-refractivity contribution in [2.24, 2.45) is 5.34 Å². The van der Waals surface area contributed by atoms with Crippen molar-refractivity contribution in [1.82, 2.24) is 0 Å². The second-order valence-electron chi connectivity index (χ2n) is 2.81. The summed E-state index contributed by atoms with van der Waals surface area (Å²) in [6, 6.07) is 20.8. The van der Waals surface area contributed by atoms with Crippen molar-refractivity contribution in [1.29, 1.82) is 0 Å². The minimum Gasteiger partial charge on any atom is -0.444 e. The maximum absolute atomic E-state index is 8.00. The van der Waals surface area contributed by atoms with E-state index < -0.39 is 0 Å². The maximum Gasteiger partial charge on any atom is -0.0184 e. The van der Waals surface area contributed by atoms with E-state index in [4.69, 9.17) is 10.1 Å².